The molecule has 25 heavy (non-hydrogen) atoms. The molecule has 0 saturated carbocycles. The molecule has 1 aliphatic heterocycles. The van der Waals surface area contributed by atoms with E-state index in [0.29, 0.717) is 24.4 Å². The molecule has 1 fully saturated rings. The van der Waals surface area contributed by atoms with Crippen molar-refractivity contribution in [3.05, 3.63) is 29.8 Å². The van der Waals surface area contributed by atoms with Crippen LogP contribution in [0.15, 0.2) is 29.2 Å². The Kier molecular flexibility index (Phi) is 6.61. The maximum Gasteiger partial charge on any atom is 0.246 e. The summed E-state index contributed by atoms with van der Waals surface area (Å²) in [6.45, 7) is 4.82. The Labute approximate surface area is 149 Å². The van der Waals surface area contributed by atoms with Crippen LogP contribution in [-0.4, -0.2) is 44.9 Å². The van der Waals surface area contributed by atoms with Gasteiger partial charge in [0.2, 0.25) is 15.9 Å². The second-order valence-electron chi connectivity index (χ2n) is 6.37. The van der Waals surface area contributed by atoms with Crippen molar-refractivity contribution in [2.24, 2.45) is 0 Å². The largest absolute Gasteiger partial charge is 0.495 e. The summed E-state index contributed by atoms with van der Waals surface area (Å²) in [6, 6.07) is 4.95. The number of amides is 1. The highest BCUT2D eigenvalue weighted by Gasteiger charge is 2.28. The van der Waals surface area contributed by atoms with E-state index in [-0.39, 0.29) is 16.8 Å². The molecule has 138 valence electrons. The summed E-state index contributed by atoms with van der Waals surface area (Å²) in [5.74, 6) is 0.0978. The van der Waals surface area contributed by atoms with Gasteiger partial charge in [0.1, 0.15) is 10.6 Å². The molecule has 0 radical (unpaired) electrons. The Hall–Kier alpha value is -1.86. The monoisotopic (exact) mass is 366 g/mol. The first-order valence-electron chi connectivity index (χ1n) is 8.51. The van der Waals surface area contributed by atoms with Crippen LogP contribution in [0.5, 0.6) is 5.75 Å². The molecule has 1 amide bonds. The summed E-state index contributed by atoms with van der Waals surface area (Å²) in [4.78, 5) is 11.9. The number of nitrogens with zero attached hydrogens (tertiary/aromatic N) is 1. The zero-order valence-electron chi connectivity index (χ0n) is 15.0. The van der Waals surface area contributed by atoms with E-state index in [0.717, 1.165) is 19.3 Å². The number of carbonyl (C=O) groups excluding carboxylic acids is 1. The van der Waals surface area contributed by atoms with Crippen molar-refractivity contribution in [2.45, 2.75) is 44.0 Å². The molecule has 1 aromatic rings. The summed E-state index contributed by atoms with van der Waals surface area (Å²) in [5, 5.41) is 2.76. The minimum atomic E-state index is -3.61. The molecule has 7 heteroatoms. The van der Waals surface area contributed by atoms with Crippen molar-refractivity contribution in [3.8, 4) is 5.75 Å². The predicted octanol–water partition coefficient (Wildman–Crippen LogP) is 2.41. The van der Waals surface area contributed by atoms with Gasteiger partial charge in [0, 0.05) is 25.2 Å². The standard InChI is InChI=1S/C18H26N2O4S/c1-14(2)19-18(21)10-8-15-7-9-16(24-3)17(13-15)25(22,23)20-11-5-4-6-12-20/h7-10,13-14H,4-6,11-12H2,1-3H3,(H,19,21). The molecule has 1 aliphatic rings. The second-order valence-corrected chi connectivity index (χ2v) is 8.28. The molecular formula is C18H26N2O4S. The van der Waals surface area contributed by atoms with Crippen molar-refractivity contribution >= 4 is 22.0 Å². The predicted molar refractivity (Wildman–Crippen MR) is 97.9 cm³/mol. The summed E-state index contributed by atoms with van der Waals surface area (Å²) in [7, 11) is -2.16. The van der Waals surface area contributed by atoms with Crippen molar-refractivity contribution < 1.29 is 17.9 Å². The minimum Gasteiger partial charge on any atom is -0.495 e. The van der Waals surface area contributed by atoms with Gasteiger partial charge in [0.15, 0.2) is 0 Å². The molecular weight excluding hydrogens is 340 g/mol. The number of rotatable bonds is 6. The number of sulfonamides is 1. The van der Waals surface area contributed by atoms with E-state index in [1.54, 1.807) is 24.3 Å². The maximum absolute atomic E-state index is 12.9. The van der Waals surface area contributed by atoms with Crippen LogP contribution in [0, 0.1) is 0 Å². The van der Waals surface area contributed by atoms with Gasteiger partial charge in [-0.05, 0) is 50.5 Å². The number of nitrogens with one attached hydrogen (secondary N) is 1. The Morgan fingerprint density at radius 1 is 1.24 bits per heavy atom. The second kappa shape index (κ2) is 8.49. The van der Waals surface area contributed by atoms with Crippen LogP contribution < -0.4 is 10.1 Å². The number of piperidine rings is 1. The van der Waals surface area contributed by atoms with Crippen molar-refractivity contribution in [3.63, 3.8) is 0 Å². The average Bonchev–Trinajstić information content (AvgIpc) is 2.60. The first-order chi connectivity index (χ1) is 11.8. The first kappa shape index (κ1) is 19.5. The molecule has 6 nitrogen and oxygen atoms in total. The quantitative estimate of drug-likeness (QED) is 0.785. The Balaban J connectivity index is 2.30. The number of hydrogen-bond donors (Lipinski definition) is 1. The highest BCUT2D eigenvalue weighted by Crippen LogP contribution is 2.29. The highest BCUT2D eigenvalue weighted by molar-refractivity contribution is 7.89. The molecule has 1 heterocycles. The fourth-order valence-corrected chi connectivity index (χ4v) is 4.46. The van der Waals surface area contributed by atoms with Gasteiger partial charge >= 0.3 is 0 Å². The first-order valence-corrected chi connectivity index (χ1v) is 9.95. The summed E-state index contributed by atoms with van der Waals surface area (Å²) < 4.78 is 32.6. The Bertz CT molecular complexity index is 735. The lowest BCUT2D eigenvalue weighted by Crippen LogP contribution is -2.35. The van der Waals surface area contributed by atoms with Gasteiger partial charge in [0.25, 0.3) is 0 Å². The van der Waals surface area contributed by atoms with Crippen molar-refractivity contribution in [1.82, 2.24) is 9.62 Å². The van der Waals surface area contributed by atoms with E-state index in [2.05, 4.69) is 5.32 Å². The lowest BCUT2D eigenvalue weighted by Gasteiger charge is -2.26. The van der Waals surface area contributed by atoms with Crippen molar-refractivity contribution in [1.29, 1.82) is 0 Å². The SMILES string of the molecule is COc1ccc(C=CC(=O)NC(C)C)cc1S(=O)(=O)N1CCCCC1. The molecule has 1 saturated heterocycles. The highest BCUT2D eigenvalue weighted by atomic mass is 32.2. The van der Waals surface area contributed by atoms with Crippen LogP contribution >= 0.6 is 0 Å². The van der Waals surface area contributed by atoms with Crippen molar-refractivity contribution in [2.75, 3.05) is 20.2 Å². The number of benzene rings is 1. The molecule has 0 aromatic heterocycles. The van der Waals surface area contributed by atoms with E-state index in [1.807, 2.05) is 13.8 Å². The third-order valence-electron chi connectivity index (χ3n) is 3.98. The fourth-order valence-electron chi connectivity index (χ4n) is 2.75. The van der Waals surface area contributed by atoms with Gasteiger partial charge in [-0.3, -0.25) is 4.79 Å². The molecule has 1 aromatic carbocycles. The van der Waals surface area contributed by atoms with E-state index in [4.69, 9.17) is 4.74 Å². The fraction of sp³-hybridized carbons (Fsp3) is 0.500. The number of ether oxygens (including phenoxy) is 1. The van der Waals surface area contributed by atoms with E-state index >= 15 is 0 Å². The van der Waals surface area contributed by atoms with Crippen LogP contribution in [0.25, 0.3) is 6.08 Å². The van der Waals surface area contributed by atoms with Crippen LogP contribution in [0.1, 0.15) is 38.7 Å². The zero-order valence-corrected chi connectivity index (χ0v) is 15.8. The number of carbonyl (C=O) groups is 1. The van der Waals surface area contributed by atoms with Gasteiger partial charge < -0.3 is 10.1 Å². The van der Waals surface area contributed by atoms with E-state index in [9.17, 15) is 13.2 Å². The minimum absolute atomic E-state index is 0.0445. The Morgan fingerprint density at radius 3 is 2.52 bits per heavy atom. The van der Waals surface area contributed by atoms with Crippen LogP contribution in [-0.2, 0) is 14.8 Å². The molecule has 0 bridgehead atoms. The van der Waals surface area contributed by atoms with E-state index in [1.165, 1.54) is 17.5 Å². The lowest BCUT2D eigenvalue weighted by atomic mass is 10.2. The molecule has 0 atom stereocenters. The summed E-state index contributed by atoms with van der Waals surface area (Å²) in [5.41, 5.74) is 0.635. The normalized spacial score (nSPS) is 16.3. The number of hydrogen-bond acceptors (Lipinski definition) is 4. The zero-order chi connectivity index (χ0) is 18.4. The third kappa shape index (κ3) is 5.06. The summed E-state index contributed by atoms with van der Waals surface area (Å²) in [6.07, 6.45) is 5.80. The maximum atomic E-state index is 12.9. The number of methoxy groups -OCH3 is 1. The average molecular weight is 366 g/mol. The van der Waals surface area contributed by atoms with Gasteiger partial charge in [-0.2, -0.15) is 4.31 Å². The van der Waals surface area contributed by atoms with Crippen LogP contribution in [0.3, 0.4) is 0 Å². The molecule has 0 aliphatic carbocycles. The van der Waals surface area contributed by atoms with Crippen LogP contribution in [0.4, 0.5) is 0 Å². The lowest BCUT2D eigenvalue weighted by molar-refractivity contribution is -0.116. The molecule has 1 N–H and O–H groups in total. The Morgan fingerprint density at radius 2 is 1.92 bits per heavy atom. The molecule has 2 rings (SSSR count). The molecule has 0 unspecified atom stereocenters. The summed E-state index contributed by atoms with van der Waals surface area (Å²) >= 11 is 0. The topological polar surface area (TPSA) is 75.7 Å². The van der Waals surface area contributed by atoms with Crippen LogP contribution in [0.2, 0.25) is 0 Å². The smallest absolute Gasteiger partial charge is 0.246 e. The van der Waals surface area contributed by atoms with Gasteiger partial charge in [-0.1, -0.05) is 12.5 Å². The molecule has 0 spiro atoms. The van der Waals surface area contributed by atoms with Gasteiger partial charge in [-0.15, -0.1) is 0 Å². The van der Waals surface area contributed by atoms with Gasteiger partial charge in [0.05, 0.1) is 7.11 Å². The van der Waals surface area contributed by atoms with Gasteiger partial charge in [-0.25, -0.2) is 8.42 Å². The third-order valence-corrected chi connectivity index (χ3v) is 5.90. The van der Waals surface area contributed by atoms with E-state index < -0.39 is 10.0 Å².